The first kappa shape index (κ1) is 20.5. The first-order chi connectivity index (χ1) is 13.6. The van der Waals surface area contributed by atoms with Crippen LogP contribution in [0.3, 0.4) is 0 Å². The monoisotopic (exact) mass is 404 g/mol. The molecule has 1 amide bonds. The van der Waals surface area contributed by atoms with Gasteiger partial charge in [0.25, 0.3) is 0 Å². The second-order valence-electron chi connectivity index (χ2n) is 6.84. The molecule has 0 unspecified atom stereocenters. The van der Waals surface area contributed by atoms with Gasteiger partial charge in [0.2, 0.25) is 5.91 Å². The fraction of sp³-hybridized carbons (Fsp3) is 0.550. The molecule has 0 saturated heterocycles. The molecule has 28 heavy (non-hydrogen) atoms. The molecule has 1 aromatic heterocycles. The van der Waals surface area contributed by atoms with Crippen molar-refractivity contribution in [2.24, 2.45) is 0 Å². The highest BCUT2D eigenvalue weighted by Crippen LogP contribution is 2.30. The summed E-state index contributed by atoms with van der Waals surface area (Å²) >= 11 is 1.42. The van der Waals surface area contributed by atoms with Crippen LogP contribution in [-0.4, -0.2) is 46.7 Å². The number of amides is 1. The number of hydrogen-bond donors (Lipinski definition) is 1. The maximum absolute atomic E-state index is 12.3. The van der Waals surface area contributed by atoms with Crippen LogP contribution in [0.4, 0.5) is 0 Å². The molecule has 1 aromatic carbocycles. The number of hydrogen-bond acceptors (Lipinski definition) is 6. The zero-order valence-electron chi connectivity index (χ0n) is 16.7. The molecule has 7 nitrogen and oxygen atoms in total. The van der Waals surface area contributed by atoms with E-state index in [9.17, 15) is 4.79 Å². The number of aromatic nitrogens is 3. The SMILES string of the molecule is CCn1c(SCC(=O)NC2CCCCC2)nnc1-c1cc(OC)cc(OC)c1. The molecule has 2 aromatic rings. The predicted octanol–water partition coefficient (Wildman–Crippen LogP) is 3.52. The lowest BCUT2D eigenvalue weighted by molar-refractivity contribution is -0.119. The van der Waals surface area contributed by atoms with E-state index >= 15 is 0 Å². The lowest BCUT2D eigenvalue weighted by Crippen LogP contribution is -2.37. The summed E-state index contributed by atoms with van der Waals surface area (Å²) in [6.07, 6.45) is 5.86. The number of rotatable bonds is 8. The fourth-order valence-corrected chi connectivity index (χ4v) is 4.29. The van der Waals surface area contributed by atoms with Crippen molar-refractivity contribution in [1.29, 1.82) is 0 Å². The van der Waals surface area contributed by atoms with Crippen LogP contribution in [0.5, 0.6) is 11.5 Å². The minimum absolute atomic E-state index is 0.0622. The molecule has 0 spiro atoms. The minimum atomic E-state index is 0.0622. The van der Waals surface area contributed by atoms with Crippen molar-refractivity contribution >= 4 is 17.7 Å². The number of nitrogens with zero attached hydrogens (tertiary/aromatic N) is 3. The van der Waals surface area contributed by atoms with Crippen LogP contribution in [0.2, 0.25) is 0 Å². The van der Waals surface area contributed by atoms with E-state index in [1.54, 1.807) is 14.2 Å². The third-order valence-corrected chi connectivity index (χ3v) is 5.91. The maximum atomic E-state index is 12.3. The number of carbonyl (C=O) groups excluding carboxylic acids is 1. The smallest absolute Gasteiger partial charge is 0.230 e. The summed E-state index contributed by atoms with van der Waals surface area (Å²) in [5.41, 5.74) is 0.865. The van der Waals surface area contributed by atoms with E-state index in [0.717, 1.165) is 29.4 Å². The van der Waals surface area contributed by atoms with Crippen LogP contribution < -0.4 is 14.8 Å². The van der Waals surface area contributed by atoms with Gasteiger partial charge in [-0.3, -0.25) is 4.79 Å². The molecule has 0 radical (unpaired) electrons. The molecule has 1 fully saturated rings. The van der Waals surface area contributed by atoms with Crippen molar-refractivity contribution in [1.82, 2.24) is 20.1 Å². The van der Waals surface area contributed by atoms with Gasteiger partial charge >= 0.3 is 0 Å². The molecule has 0 aliphatic heterocycles. The molecular weight excluding hydrogens is 376 g/mol. The number of methoxy groups -OCH3 is 2. The molecule has 1 heterocycles. The molecule has 0 bridgehead atoms. The Kier molecular flexibility index (Phi) is 7.19. The van der Waals surface area contributed by atoms with E-state index in [-0.39, 0.29) is 5.91 Å². The van der Waals surface area contributed by atoms with Crippen LogP contribution in [0.1, 0.15) is 39.0 Å². The van der Waals surface area contributed by atoms with Crippen LogP contribution in [0.15, 0.2) is 23.4 Å². The first-order valence-corrected chi connectivity index (χ1v) is 10.7. The van der Waals surface area contributed by atoms with Gasteiger partial charge in [-0.05, 0) is 31.9 Å². The average Bonchev–Trinajstić information content (AvgIpc) is 3.15. The third kappa shape index (κ3) is 4.98. The van der Waals surface area contributed by atoms with E-state index in [0.29, 0.717) is 29.8 Å². The molecule has 1 aliphatic rings. The zero-order chi connectivity index (χ0) is 19.9. The lowest BCUT2D eigenvalue weighted by Gasteiger charge is -2.22. The van der Waals surface area contributed by atoms with Crippen LogP contribution in [0.25, 0.3) is 11.4 Å². The summed E-state index contributed by atoms with van der Waals surface area (Å²) in [4.78, 5) is 12.3. The largest absolute Gasteiger partial charge is 0.497 e. The highest BCUT2D eigenvalue weighted by molar-refractivity contribution is 7.99. The number of benzene rings is 1. The van der Waals surface area contributed by atoms with Crippen molar-refractivity contribution in [2.75, 3.05) is 20.0 Å². The van der Waals surface area contributed by atoms with Gasteiger partial charge in [0.15, 0.2) is 11.0 Å². The lowest BCUT2D eigenvalue weighted by atomic mass is 9.95. The van der Waals surface area contributed by atoms with Gasteiger partial charge in [-0.25, -0.2) is 0 Å². The molecule has 1 aliphatic carbocycles. The summed E-state index contributed by atoms with van der Waals surface area (Å²) in [5.74, 6) is 2.53. The van der Waals surface area contributed by atoms with E-state index in [2.05, 4.69) is 15.5 Å². The van der Waals surface area contributed by atoms with Crippen molar-refractivity contribution in [2.45, 2.75) is 56.8 Å². The predicted molar refractivity (Wildman–Crippen MR) is 110 cm³/mol. The first-order valence-electron chi connectivity index (χ1n) is 9.73. The fourth-order valence-electron chi connectivity index (χ4n) is 3.48. The zero-order valence-corrected chi connectivity index (χ0v) is 17.6. The van der Waals surface area contributed by atoms with Crippen molar-refractivity contribution in [3.05, 3.63) is 18.2 Å². The Morgan fingerprint density at radius 2 is 1.82 bits per heavy atom. The number of thioether (sulfide) groups is 1. The van der Waals surface area contributed by atoms with Crippen LogP contribution >= 0.6 is 11.8 Å². The number of nitrogens with one attached hydrogen (secondary N) is 1. The third-order valence-electron chi connectivity index (χ3n) is 4.95. The van der Waals surface area contributed by atoms with Gasteiger partial charge < -0.3 is 19.4 Å². The maximum Gasteiger partial charge on any atom is 0.230 e. The molecule has 0 atom stereocenters. The Morgan fingerprint density at radius 1 is 1.14 bits per heavy atom. The van der Waals surface area contributed by atoms with E-state index in [1.165, 1.54) is 31.0 Å². The second-order valence-corrected chi connectivity index (χ2v) is 7.79. The quantitative estimate of drug-likeness (QED) is 0.678. The second kappa shape index (κ2) is 9.82. The van der Waals surface area contributed by atoms with Crippen molar-refractivity contribution in [3.63, 3.8) is 0 Å². The molecule has 1 N–H and O–H groups in total. The summed E-state index contributed by atoms with van der Waals surface area (Å²) in [5, 5.41) is 12.5. The Balaban J connectivity index is 1.70. The number of carbonyl (C=O) groups is 1. The van der Waals surface area contributed by atoms with Gasteiger partial charge in [0.05, 0.1) is 20.0 Å². The highest BCUT2D eigenvalue weighted by atomic mass is 32.2. The van der Waals surface area contributed by atoms with Gasteiger partial charge in [-0.2, -0.15) is 0 Å². The summed E-state index contributed by atoms with van der Waals surface area (Å²) in [6.45, 7) is 2.74. The van der Waals surface area contributed by atoms with Crippen molar-refractivity contribution < 1.29 is 14.3 Å². The van der Waals surface area contributed by atoms with Gasteiger partial charge in [-0.15, -0.1) is 10.2 Å². The van der Waals surface area contributed by atoms with Gasteiger partial charge in [0.1, 0.15) is 11.5 Å². The Bertz CT molecular complexity index is 780. The highest BCUT2D eigenvalue weighted by Gasteiger charge is 2.18. The van der Waals surface area contributed by atoms with Gasteiger partial charge in [0, 0.05) is 24.2 Å². The summed E-state index contributed by atoms with van der Waals surface area (Å²) in [6, 6.07) is 5.96. The average molecular weight is 405 g/mol. The molecule has 8 heteroatoms. The van der Waals surface area contributed by atoms with Crippen LogP contribution in [0, 0.1) is 0 Å². The Morgan fingerprint density at radius 3 is 2.43 bits per heavy atom. The summed E-state index contributed by atoms with van der Waals surface area (Å²) < 4.78 is 12.7. The number of ether oxygens (including phenoxy) is 2. The standard InChI is InChI=1S/C20H28N4O3S/c1-4-24-19(14-10-16(26-2)12-17(11-14)27-3)22-23-20(24)28-13-18(25)21-15-8-6-5-7-9-15/h10-12,15H,4-9,13H2,1-3H3,(H,21,25). The molecule has 1 saturated carbocycles. The van der Waals surface area contributed by atoms with E-state index in [1.807, 2.05) is 29.7 Å². The topological polar surface area (TPSA) is 78.3 Å². The molecule has 152 valence electrons. The summed E-state index contributed by atoms with van der Waals surface area (Å²) in [7, 11) is 3.24. The van der Waals surface area contributed by atoms with Gasteiger partial charge in [-0.1, -0.05) is 31.0 Å². The van der Waals surface area contributed by atoms with E-state index < -0.39 is 0 Å². The normalized spacial score (nSPS) is 14.7. The van der Waals surface area contributed by atoms with E-state index in [4.69, 9.17) is 9.47 Å². The molecular formula is C20H28N4O3S. The van der Waals surface area contributed by atoms with Crippen LogP contribution in [-0.2, 0) is 11.3 Å². The Labute approximate surface area is 170 Å². The minimum Gasteiger partial charge on any atom is -0.497 e. The Hall–Kier alpha value is -2.22. The molecule has 3 rings (SSSR count). The van der Waals surface area contributed by atoms with Crippen molar-refractivity contribution in [3.8, 4) is 22.9 Å².